The maximum Gasteiger partial charge on any atom is 0.260 e. The van der Waals surface area contributed by atoms with Crippen molar-refractivity contribution in [1.82, 2.24) is 9.88 Å². The van der Waals surface area contributed by atoms with Gasteiger partial charge in [-0.25, -0.2) is 4.98 Å². The summed E-state index contributed by atoms with van der Waals surface area (Å²) in [5.41, 5.74) is 2.17. The van der Waals surface area contributed by atoms with Crippen LogP contribution in [0.4, 0.5) is 0 Å². The van der Waals surface area contributed by atoms with Gasteiger partial charge in [0.15, 0.2) is 6.61 Å². The van der Waals surface area contributed by atoms with E-state index in [1.807, 2.05) is 59.5 Å². The van der Waals surface area contributed by atoms with Gasteiger partial charge >= 0.3 is 0 Å². The lowest BCUT2D eigenvalue weighted by Gasteiger charge is -2.26. The van der Waals surface area contributed by atoms with Gasteiger partial charge in [0.2, 0.25) is 0 Å². The fraction of sp³-hybridized carbons (Fsp3) is 0.238. The van der Waals surface area contributed by atoms with Crippen molar-refractivity contribution in [3.8, 4) is 22.1 Å². The van der Waals surface area contributed by atoms with E-state index in [4.69, 9.17) is 14.5 Å². The standard InChI is InChI=1S/C21H20N2O3S/c1-25-16-9-7-15(8-10-16)21-22-18-11-12-23(13-19(18)27-21)20(24)14-26-17-5-3-2-4-6-17/h2-10H,11-14H2,1H3. The SMILES string of the molecule is COc1ccc(-c2nc3c(s2)CN(C(=O)COc2ccccc2)CC3)cc1. The molecule has 0 N–H and O–H groups in total. The summed E-state index contributed by atoms with van der Waals surface area (Å²) in [5, 5.41) is 0.984. The highest BCUT2D eigenvalue weighted by atomic mass is 32.1. The largest absolute Gasteiger partial charge is 0.497 e. The number of hydrogen-bond acceptors (Lipinski definition) is 5. The molecule has 0 fully saturated rings. The van der Waals surface area contributed by atoms with Crippen LogP contribution in [0.5, 0.6) is 11.5 Å². The number of para-hydroxylation sites is 1. The summed E-state index contributed by atoms with van der Waals surface area (Å²) < 4.78 is 10.8. The number of aromatic nitrogens is 1. The van der Waals surface area contributed by atoms with Gasteiger partial charge in [0.25, 0.3) is 5.91 Å². The second-order valence-electron chi connectivity index (χ2n) is 6.28. The fourth-order valence-corrected chi connectivity index (χ4v) is 4.15. The molecule has 0 radical (unpaired) electrons. The predicted octanol–water partition coefficient (Wildman–Crippen LogP) is 3.78. The average Bonchev–Trinajstić information content (AvgIpc) is 3.16. The Balaban J connectivity index is 1.42. The highest BCUT2D eigenvalue weighted by molar-refractivity contribution is 7.15. The van der Waals surface area contributed by atoms with Gasteiger partial charge in [-0.3, -0.25) is 4.79 Å². The van der Waals surface area contributed by atoms with E-state index in [9.17, 15) is 4.79 Å². The molecule has 6 heteroatoms. The molecule has 1 aliphatic rings. The van der Waals surface area contributed by atoms with E-state index in [0.29, 0.717) is 18.8 Å². The Hall–Kier alpha value is -2.86. The van der Waals surface area contributed by atoms with Crippen LogP contribution in [0, 0.1) is 0 Å². The summed E-state index contributed by atoms with van der Waals surface area (Å²) in [6.07, 6.45) is 0.777. The summed E-state index contributed by atoms with van der Waals surface area (Å²) in [6, 6.07) is 17.3. The fourth-order valence-electron chi connectivity index (χ4n) is 3.02. The Morgan fingerprint density at radius 1 is 1.11 bits per heavy atom. The van der Waals surface area contributed by atoms with Crippen molar-refractivity contribution in [2.24, 2.45) is 0 Å². The van der Waals surface area contributed by atoms with Gasteiger partial charge in [0, 0.05) is 23.4 Å². The third kappa shape index (κ3) is 3.95. The zero-order valence-electron chi connectivity index (χ0n) is 15.1. The predicted molar refractivity (Wildman–Crippen MR) is 105 cm³/mol. The first-order valence-corrected chi connectivity index (χ1v) is 9.63. The van der Waals surface area contributed by atoms with Crippen LogP contribution in [0.1, 0.15) is 10.6 Å². The van der Waals surface area contributed by atoms with Crippen molar-refractivity contribution >= 4 is 17.2 Å². The Morgan fingerprint density at radius 2 is 1.89 bits per heavy atom. The van der Waals surface area contributed by atoms with Gasteiger partial charge in [-0.1, -0.05) is 18.2 Å². The quantitative estimate of drug-likeness (QED) is 0.676. The van der Waals surface area contributed by atoms with Crippen LogP contribution in [0.3, 0.4) is 0 Å². The Bertz CT molecular complexity index is 922. The van der Waals surface area contributed by atoms with Crippen LogP contribution >= 0.6 is 11.3 Å². The van der Waals surface area contributed by atoms with E-state index in [1.165, 1.54) is 0 Å². The van der Waals surface area contributed by atoms with Crippen LogP contribution in [-0.4, -0.2) is 36.1 Å². The number of amides is 1. The molecule has 138 valence electrons. The van der Waals surface area contributed by atoms with Crippen LogP contribution < -0.4 is 9.47 Å². The van der Waals surface area contributed by atoms with Crippen LogP contribution in [0.25, 0.3) is 10.6 Å². The molecular weight excluding hydrogens is 360 g/mol. The number of nitrogens with zero attached hydrogens (tertiary/aromatic N) is 2. The van der Waals surface area contributed by atoms with Crippen LogP contribution in [0.15, 0.2) is 54.6 Å². The molecule has 0 bridgehead atoms. The number of fused-ring (bicyclic) bond motifs is 1. The molecule has 27 heavy (non-hydrogen) atoms. The smallest absolute Gasteiger partial charge is 0.260 e. The topological polar surface area (TPSA) is 51.7 Å². The summed E-state index contributed by atoms with van der Waals surface area (Å²) in [4.78, 5) is 20.3. The van der Waals surface area contributed by atoms with E-state index >= 15 is 0 Å². The minimum absolute atomic E-state index is 0.00361. The van der Waals surface area contributed by atoms with Crippen molar-refractivity contribution < 1.29 is 14.3 Å². The lowest BCUT2D eigenvalue weighted by molar-refractivity contribution is -0.134. The van der Waals surface area contributed by atoms with Crippen molar-refractivity contribution in [2.75, 3.05) is 20.3 Å². The highest BCUT2D eigenvalue weighted by Crippen LogP contribution is 2.32. The van der Waals surface area contributed by atoms with Gasteiger partial charge in [-0.2, -0.15) is 0 Å². The molecule has 0 saturated heterocycles. The van der Waals surface area contributed by atoms with Gasteiger partial charge < -0.3 is 14.4 Å². The Labute approximate surface area is 162 Å². The first-order valence-electron chi connectivity index (χ1n) is 8.81. The van der Waals surface area contributed by atoms with Gasteiger partial charge in [-0.15, -0.1) is 11.3 Å². The lowest BCUT2D eigenvalue weighted by Crippen LogP contribution is -2.38. The molecular formula is C21H20N2O3S. The molecule has 1 aromatic heterocycles. The molecule has 0 spiro atoms. The number of hydrogen-bond donors (Lipinski definition) is 0. The van der Waals surface area contributed by atoms with E-state index < -0.39 is 0 Å². The molecule has 5 nitrogen and oxygen atoms in total. The number of benzene rings is 2. The number of carbonyl (C=O) groups is 1. The van der Waals surface area contributed by atoms with E-state index in [2.05, 4.69) is 0 Å². The second kappa shape index (κ2) is 7.80. The molecule has 1 amide bonds. The Morgan fingerprint density at radius 3 is 2.63 bits per heavy atom. The number of methoxy groups -OCH3 is 1. The van der Waals surface area contributed by atoms with E-state index in [1.54, 1.807) is 18.4 Å². The van der Waals surface area contributed by atoms with E-state index in [-0.39, 0.29) is 12.5 Å². The van der Waals surface area contributed by atoms with Gasteiger partial charge in [0.05, 0.1) is 19.3 Å². The van der Waals surface area contributed by atoms with Crippen molar-refractivity contribution in [2.45, 2.75) is 13.0 Å². The normalized spacial score (nSPS) is 13.1. The van der Waals surface area contributed by atoms with Crippen molar-refractivity contribution in [3.05, 3.63) is 65.2 Å². The highest BCUT2D eigenvalue weighted by Gasteiger charge is 2.24. The third-order valence-corrected chi connectivity index (χ3v) is 5.66. The number of thiazole rings is 1. The molecule has 0 atom stereocenters. The summed E-state index contributed by atoms with van der Waals surface area (Å²) in [7, 11) is 1.66. The first-order chi connectivity index (χ1) is 13.2. The van der Waals surface area contributed by atoms with Gasteiger partial charge in [-0.05, 0) is 36.4 Å². The Kier molecular flexibility index (Phi) is 5.07. The monoisotopic (exact) mass is 380 g/mol. The molecule has 2 aromatic carbocycles. The first kappa shape index (κ1) is 17.5. The summed E-state index contributed by atoms with van der Waals surface area (Å²) in [6.45, 7) is 1.33. The number of rotatable bonds is 5. The molecule has 3 aromatic rings. The zero-order valence-corrected chi connectivity index (χ0v) is 15.9. The second-order valence-corrected chi connectivity index (χ2v) is 7.37. The number of carbonyl (C=O) groups excluding carboxylic acids is 1. The van der Waals surface area contributed by atoms with Crippen LogP contribution in [-0.2, 0) is 17.8 Å². The molecule has 0 unspecified atom stereocenters. The number of ether oxygens (including phenoxy) is 2. The minimum Gasteiger partial charge on any atom is -0.497 e. The van der Waals surface area contributed by atoms with Crippen molar-refractivity contribution in [3.63, 3.8) is 0 Å². The average molecular weight is 380 g/mol. The zero-order chi connectivity index (χ0) is 18.6. The summed E-state index contributed by atoms with van der Waals surface area (Å²) in [5.74, 6) is 1.54. The lowest BCUT2D eigenvalue weighted by atomic mass is 10.1. The van der Waals surface area contributed by atoms with E-state index in [0.717, 1.165) is 33.3 Å². The van der Waals surface area contributed by atoms with Crippen LogP contribution in [0.2, 0.25) is 0 Å². The molecule has 0 saturated carbocycles. The summed E-state index contributed by atoms with van der Waals surface area (Å²) >= 11 is 1.65. The molecule has 2 heterocycles. The van der Waals surface area contributed by atoms with Gasteiger partial charge in [0.1, 0.15) is 16.5 Å². The molecule has 4 rings (SSSR count). The maximum absolute atomic E-state index is 12.5. The molecule has 1 aliphatic heterocycles. The maximum atomic E-state index is 12.5. The van der Waals surface area contributed by atoms with Crippen molar-refractivity contribution in [1.29, 1.82) is 0 Å². The minimum atomic E-state index is 0.00361. The molecule has 0 aliphatic carbocycles. The third-order valence-electron chi connectivity index (χ3n) is 4.53.